The lowest BCUT2D eigenvalue weighted by molar-refractivity contribution is -0.141. The van der Waals surface area contributed by atoms with Gasteiger partial charge in [-0.3, -0.25) is 9.59 Å². The minimum atomic E-state index is -0.569. The number of anilines is 1. The van der Waals surface area contributed by atoms with Crippen molar-refractivity contribution < 1.29 is 14.3 Å². The van der Waals surface area contributed by atoms with E-state index in [9.17, 15) is 9.59 Å². The molecule has 4 rings (SSSR count). The number of ether oxygens (including phenoxy) is 1. The Hall–Kier alpha value is -2.96. The van der Waals surface area contributed by atoms with Gasteiger partial charge in [0.25, 0.3) is 0 Å². The molecule has 2 saturated heterocycles. The molecule has 2 aliphatic rings. The Morgan fingerprint density at radius 3 is 2.37 bits per heavy atom. The molecular formula is C20H22N4O3. The largest absolute Gasteiger partial charge is 0.460 e. The van der Waals surface area contributed by atoms with Gasteiger partial charge in [0, 0.05) is 50.6 Å². The molecule has 0 unspecified atom stereocenters. The maximum atomic E-state index is 12.9. The van der Waals surface area contributed by atoms with Crippen LogP contribution in [0.1, 0.15) is 19.3 Å². The van der Waals surface area contributed by atoms with Gasteiger partial charge in [0.15, 0.2) is 0 Å². The van der Waals surface area contributed by atoms with E-state index in [1.54, 1.807) is 28.3 Å². The molecule has 7 nitrogen and oxygen atoms in total. The number of carbonyl (C=O) groups excluding carboxylic acids is 2. The van der Waals surface area contributed by atoms with Crippen LogP contribution in [-0.2, 0) is 9.59 Å². The van der Waals surface area contributed by atoms with Crippen molar-refractivity contribution in [1.29, 1.82) is 0 Å². The molecule has 1 aromatic carbocycles. The summed E-state index contributed by atoms with van der Waals surface area (Å²) < 4.78 is 5.77. The highest BCUT2D eigenvalue weighted by Gasteiger charge is 2.40. The fourth-order valence-corrected chi connectivity index (χ4v) is 3.68. The summed E-state index contributed by atoms with van der Waals surface area (Å²) in [6, 6.07) is 11.6. The third kappa shape index (κ3) is 3.77. The SMILES string of the molecule is O=C([C@@H]1CCN(c2ccccc2)C1=O)N1CCC(Oc2ncccn2)CC1. The average molecular weight is 366 g/mol. The molecule has 2 amide bonds. The molecule has 2 fully saturated rings. The van der Waals surface area contributed by atoms with Crippen LogP contribution < -0.4 is 9.64 Å². The number of rotatable bonds is 4. The van der Waals surface area contributed by atoms with E-state index in [4.69, 9.17) is 4.74 Å². The zero-order chi connectivity index (χ0) is 18.6. The highest BCUT2D eigenvalue weighted by molar-refractivity contribution is 6.09. The van der Waals surface area contributed by atoms with Crippen LogP contribution >= 0.6 is 0 Å². The third-order valence-corrected chi connectivity index (χ3v) is 5.14. The maximum absolute atomic E-state index is 12.9. The van der Waals surface area contributed by atoms with Gasteiger partial charge in [0.05, 0.1) is 0 Å². The van der Waals surface area contributed by atoms with Gasteiger partial charge in [-0.2, -0.15) is 0 Å². The van der Waals surface area contributed by atoms with E-state index in [0.717, 1.165) is 5.69 Å². The maximum Gasteiger partial charge on any atom is 0.316 e. The molecule has 2 aromatic rings. The van der Waals surface area contributed by atoms with Gasteiger partial charge < -0.3 is 14.5 Å². The number of piperidine rings is 1. The molecule has 7 heteroatoms. The fourth-order valence-electron chi connectivity index (χ4n) is 3.68. The quantitative estimate of drug-likeness (QED) is 0.773. The van der Waals surface area contributed by atoms with Crippen LogP contribution in [-0.4, -0.2) is 52.4 Å². The first-order valence-corrected chi connectivity index (χ1v) is 9.31. The second-order valence-corrected chi connectivity index (χ2v) is 6.84. The third-order valence-electron chi connectivity index (χ3n) is 5.14. The van der Waals surface area contributed by atoms with E-state index in [1.807, 2.05) is 30.3 Å². The van der Waals surface area contributed by atoms with Crippen molar-refractivity contribution in [3.8, 4) is 6.01 Å². The summed E-state index contributed by atoms with van der Waals surface area (Å²) in [6.45, 7) is 1.76. The van der Waals surface area contributed by atoms with E-state index in [2.05, 4.69) is 9.97 Å². The molecular weight excluding hydrogens is 344 g/mol. The summed E-state index contributed by atoms with van der Waals surface area (Å²) in [5.41, 5.74) is 0.854. The Bertz CT molecular complexity index is 791. The summed E-state index contributed by atoms with van der Waals surface area (Å²) in [5.74, 6) is -0.727. The second-order valence-electron chi connectivity index (χ2n) is 6.84. The number of amides is 2. The highest BCUT2D eigenvalue weighted by Crippen LogP contribution is 2.27. The van der Waals surface area contributed by atoms with Crippen LogP contribution in [0.25, 0.3) is 0 Å². The minimum Gasteiger partial charge on any atom is -0.460 e. The Balaban J connectivity index is 1.32. The number of carbonyl (C=O) groups is 2. The average Bonchev–Trinajstić information content (AvgIpc) is 3.11. The molecule has 0 radical (unpaired) electrons. The number of hydrogen-bond acceptors (Lipinski definition) is 5. The summed E-state index contributed by atoms with van der Waals surface area (Å²) in [6.07, 6.45) is 5.29. The summed E-state index contributed by atoms with van der Waals surface area (Å²) in [4.78, 5) is 37.3. The van der Waals surface area contributed by atoms with Crippen molar-refractivity contribution in [3.05, 3.63) is 48.8 Å². The van der Waals surface area contributed by atoms with Gasteiger partial charge in [0.1, 0.15) is 12.0 Å². The standard InChI is InChI=1S/C20H22N4O3/c25-18(17-9-14-24(19(17)26)15-5-2-1-3-6-15)23-12-7-16(8-13-23)27-20-21-10-4-11-22-20/h1-6,10-11,16-17H,7-9,12-14H2/t17-/m0/s1. The van der Waals surface area contributed by atoms with Gasteiger partial charge >= 0.3 is 6.01 Å². The first-order chi connectivity index (χ1) is 13.2. The topological polar surface area (TPSA) is 75.6 Å². The number of likely N-dealkylation sites (tertiary alicyclic amines) is 1. The molecule has 27 heavy (non-hydrogen) atoms. The molecule has 3 heterocycles. The van der Waals surface area contributed by atoms with E-state index < -0.39 is 5.92 Å². The summed E-state index contributed by atoms with van der Waals surface area (Å²) in [7, 11) is 0. The molecule has 0 spiro atoms. The summed E-state index contributed by atoms with van der Waals surface area (Å²) in [5, 5.41) is 0. The van der Waals surface area contributed by atoms with Crippen LogP contribution in [0.2, 0.25) is 0 Å². The van der Waals surface area contributed by atoms with E-state index in [0.29, 0.717) is 44.9 Å². The zero-order valence-corrected chi connectivity index (χ0v) is 15.0. The van der Waals surface area contributed by atoms with Crippen molar-refractivity contribution >= 4 is 17.5 Å². The molecule has 2 aliphatic heterocycles. The van der Waals surface area contributed by atoms with Gasteiger partial charge in [-0.1, -0.05) is 18.2 Å². The van der Waals surface area contributed by atoms with Gasteiger partial charge in [-0.25, -0.2) is 9.97 Å². The predicted octanol–water partition coefficient (Wildman–Crippen LogP) is 1.90. The molecule has 0 aliphatic carbocycles. The Morgan fingerprint density at radius 2 is 1.67 bits per heavy atom. The second kappa shape index (κ2) is 7.73. The van der Waals surface area contributed by atoms with E-state index in [-0.39, 0.29) is 17.9 Å². The Morgan fingerprint density at radius 1 is 0.963 bits per heavy atom. The number of para-hydroxylation sites is 1. The first-order valence-electron chi connectivity index (χ1n) is 9.31. The van der Waals surface area contributed by atoms with Crippen LogP contribution in [0.4, 0.5) is 5.69 Å². The van der Waals surface area contributed by atoms with Crippen LogP contribution in [0.3, 0.4) is 0 Å². The van der Waals surface area contributed by atoms with Crippen molar-refractivity contribution in [2.24, 2.45) is 5.92 Å². The zero-order valence-electron chi connectivity index (χ0n) is 15.0. The lowest BCUT2D eigenvalue weighted by Gasteiger charge is -2.32. The predicted molar refractivity (Wildman–Crippen MR) is 99.2 cm³/mol. The molecule has 0 bridgehead atoms. The van der Waals surface area contributed by atoms with Crippen molar-refractivity contribution in [2.75, 3.05) is 24.5 Å². The molecule has 0 saturated carbocycles. The van der Waals surface area contributed by atoms with E-state index >= 15 is 0 Å². The normalized spacial score (nSPS) is 20.7. The van der Waals surface area contributed by atoms with Gasteiger partial charge in [-0.15, -0.1) is 0 Å². The molecule has 1 atom stereocenters. The number of nitrogens with zero attached hydrogens (tertiary/aromatic N) is 4. The van der Waals surface area contributed by atoms with Crippen LogP contribution in [0.5, 0.6) is 6.01 Å². The van der Waals surface area contributed by atoms with Crippen molar-refractivity contribution in [2.45, 2.75) is 25.4 Å². The van der Waals surface area contributed by atoms with Crippen molar-refractivity contribution in [3.63, 3.8) is 0 Å². The Kier molecular flexibility index (Phi) is 5.00. The lowest BCUT2D eigenvalue weighted by Crippen LogP contribution is -2.46. The highest BCUT2D eigenvalue weighted by atomic mass is 16.5. The van der Waals surface area contributed by atoms with Crippen LogP contribution in [0.15, 0.2) is 48.8 Å². The molecule has 0 N–H and O–H groups in total. The molecule has 140 valence electrons. The number of benzene rings is 1. The smallest absolute Gasteiger partial charge is 0.316 e. The molecule has 1 aromatic heterocycles. The Labute approximate surface area is 158 Å². The monoisotopic (exact) mass is 366 g/mol. The van der Waals surface area contributed by atoms with Crippen molar-refractivity contribution in [1.82, 2.24) is 14.9 Å². The van der Waals surface area contributed by atoms with Gasteiger partial charge in [0.2, 0.25) is 11.8 Å². The minimum absolute atomic E-state index is 0.00320. The number of hydrogen-bond donors (Lipinski definition) is 0. The lowest BCUT2D eigenvalue weighted by atomic mass is 10.0. The van der Waals surface area contributed by atoms with Gasteiger partial charge in [-0.05, 0) is 24.6 Å². The van der Waals surface area contributed by atoms with E-state index in [1.165, 1.54) is 0 Å². The van der Waals surface area contributed by atoms with Crippen LogP contribution in [0, 0.1) is 5.92 Å². The first kappa shape index (κ1) is 17.5. The summed E-state index contributed by atoms with van der Waals surface area (Å²) >= 11 is 0. The number of aromatic nitrogens is 2. The fraction of sp³-hybridized carbons (Fsp3) is 0.400.